The second kappa shape index (κ2) is 6.85. The summed E-state index contributed by atoms with van der Waals surface area (Å²) in [6.07, 6.45) is 1.08. The minimum Gasteiger partial charge on any atom is -0.481 e. The fourth-order valence-electron chi connectivity index (χ4n) is 2.09. The summed E-state index contributed by atoms with van der Waals surface area (Å²) in [6, 6.07) is 6.04. The number of aliphatic carboxylic acids is 1. The molecule has 0 spiro atoms. The molecule has 0 saturated carbocycles. The Hall–Kier alpha value is -1.40. The zero-order chi connectivity index (χ0) is 15.3. The smallest absolute Gasteiger partial charge is 0.311 e. The van der Waals surface area contributed by atoms with E-state index in [9.17, 15) is 18.3 Å². The monoisotopic (exact) mass is 299 g/mol. The van der Waals surface area contributed by atoms with Gasteiger partial charge in [-0.25, -0.2) is 13.1 Å². The maximum atomic E-state index is 12.3. The van der Waals surface area contributed by atoms with Crippen LogP contribution in [0.15, 0.2) is 29.2 Å². The van der Waals surface area contributed by atoms with E-state index >= 15 is 0 Å². The number of benzene rings is 1. The van der Waals surface area contributed by atoms with Crippen molar-refractivity contribution in [3.8, 4) is 0 Å². The summed E-state index contributed by atoms with van der Waals surface area (Å²) in [5, 5.41) is 9.31. The quantitative estimate of drug-likeness (QED) is 0.809. The van der Waals surface area contributed by atoms with Gasteiger partial charge in [-0.05, 0) is 31.9 Å². The standard InChI is InChI=1S/C14H21NO4S/c1-4-7-12(14(16)17)11-8-5-6-9-13(11)20(18,19)15-10(2)3/h5-6,8-10,12,15H,4,7H2,1-3H3,(H,16,17). The van der Waals surface area contributed by atoms with E-state index in [1.807, 2.05) is 6.92 Å². The van der Waals surface area contributed by atoms with Gasteiger partial charge in [-0.15, -0.1) is 0 Å². The molecule has 0 aliphatic carbocycles. The van der Waals surface area contributed by atoms with Crippen molar-refractivity contribution < 1.29 is 18.3 Å². The number of carbonyl (C=O) groups is 1. The fraction of sp³-hybridized carbons (Fsp3) is 0.500. The number of sulfonamides is 1. The molecule has 1 atom stereocenters. The van der Waals surface area contributed by atoms with Gasteiger partial charge in [-0.3, -0.25) is 4.79 Å². The molecule has 0 aliphatic heterocycles. The van der Waals surface area contributed by atoms with Gasteiger partial charge in [-0.2, -0.15) is 0 Å². The maximum absolute atomic E-state index is 12.3. The third-order valence-electron chi connectivity index (χ3n) is 2.85. The van der Waals surface area contributed by atoms with Gasteiger partial charge in [0.1, 0.15) is 0 Å². The predicted molar refractivity (Wildman–Crippen MR) is 77.2 cm³/mol. The Labute approximate surface area is 120 Å². The van der Waals surface area contributed by atoms with Crippen molar-refractivity contribution in [1.29, 1.82) is 0 Å². The molecule has 0 aliphatic rings. The van der Waals surface area contributed by atoms with Crippen LogP contribution < -0.4 is 4.72 Å². The third kappa shape index (κ3) is 4.05. The highest BCUT2D eigenvalue weighted by Crippen LogP contribution is 2.28. The topological polar surface area (TPSA) is 83.5 Å². The van der Waals surface area contributed by atoms with Crippen LogP contribution in [0.4, 0.5) is 0 Å². The normalized spacial score (nSPS) is 13.4. The molecule has 0 saturated heterocycles. The molecule has 0 fully saturated rings. The Balaban J connectivity index is 3.32. The summed E-state index contributed by atoms with van der Waals surface area (Å²) in [5.74, 6) is -1.81. The van der Waals surface area contributed by atoms with Crippen molar-refractivity contribution in [1.82, 2.24) is 4.72 Å². The van der Waals surface area contributed by atoms with Gasteiger partial charge in [0.2, 0.25) is 10.0 Å². The maximum Gasteiger partial charge on any atom is 0.311 e. The number of hydrogen-bond acceptors (Lipinski definition) is 3. The summed E-state index contributed by atoms with van der Waals surface area (Å²) in [7, 11) is -3.70. The Morgan fingerprint density at radius 3 is 2.40 bits per heavy atom. The number of rotatable bonds is 7. The van der Waals surface area contributed by atoms with E-state index in [-0.39, 0.29) is 10.9 Å². The highest BCUT2D eigenvalue weighted by Gasteiger charge is 2.27. The molecule has 0 radical (unpaired) electrons. The zero-order valence-corrected chi connectivity index (χ0v) is 12.8. The zero-order valence-electron chi connectivity index (χ0n) is 12.0. The van der Waals surface area contributed by atoms with E-state index in [2.05, 4.69) is 4.72 Å². The van der Waals surface area contributed by atoms with Crippen LogP contribution in [0.3, 0.4) is 0 Å². The first-order chi connectivity index (χ1) is 9.29. The molecule has 5 nitrogen and oxygen atoms in total. The van der Waals surface area contributed by atoms with Crippen LogP contribution in [0, 0.1) is 0 Å². The number of hydrogen-bond donors (Lipinski definition) is 2. The predicted octanol–water partition coefficient (Wildman–Crippen LogP) is 2.34. The Morgan fingerprint density at radius 2 is 1.90 bits per heavy atom. The van der Waals surface area contributed by atoms with Crippen molar-refractivity contribution in [2.45, 2.75) is 50.5 Å². The van der Waals surface area contributed by atoms with E-state index in [0.717, 1.165) is 0 Å². The summed E-state index contributed by atoms with van der Waals surface area (Å²) in [5.41, 5.74) is 0.343. The van der Waals surface area contributed by atoms with Crippen molar-refractivity contribution in [3.05, 3.63) is 29.8 Å². The summed E-state index contributed by atoms with van der Waals surface area (Å²) >= 11 is 0. The molecule has 1 aromatic rings. The van der Waals surface area contributed by atoms with E-state index < -0.39 is 21.9 Å². The minimum atomic E-state index is -3.70. The lowest BCUT2D eigenvalue weighted by Crippen LogP contribution is -2.31. The molecule has 0 bridgehead atoms. The average Bonchev–Trinajstić information content (AvgIpc) is 2.34. The molecule has 2 N–H and O–H groups in total. The molecule has 0 amide bonds. The summed E-state index contributed by atoms with van der Waals surface area (Å²) in [4.78, 5) is 11.4. The number of carboxylic acids is 1. The molecule has 1 aromatic carbocycles. The molecule has 1 unspecified atom stereocenters. The van der Waals surface area contributed by atoms with Gasteiger partial charge in [0, 0.05) is 6.04 Å². The van der Waals surface area contributed by atoms with Crippen LogP contribution in [0.1, 0.15) is 45.1 Å². The van der Waals surface area contributed by atoms with Gasteiger partial charge >= 0.3 is 5.97 Å². The SMILES string of the molecule is CCCC(C(=O)O)c1ccccc1S(=O)(=O)NC(C)C. The van der Waals surface area contributed by atoms with Crippen LogP contribution in [0.25, 0.3) is 0 Å². The molecule has 6 heteroatoms. The van der Waals surface area contributed by atoms with Gasteiger partial charge in [0.25, 0.3) is 0 Å². The van der Waals surface area contributed by atoms with Crippen molar-refractivity contribution in [2.75, 3.05) is 0 Å². The van der Waals surface area contributed by atoms with Crippen LogP contribution >= 0.6 is 0 Å². The largest absolute Gasteiger partial charge is 0.481 e. The first kappa shape index (κ1) is 16.7. The van der Waals surface area contributed by atoms with Crippen molar-refractivity contribution in [2.24, 2.45) is 0 Å². The summed E-state index contributed by atoms with van der Waals surface area (Å²) in [6.45, 7) is 5.32. The molecule has 0 aromatic heterocycles. The second-order valence-electron chi connectivity index (χ2n) is 4.99. The fourth-order valence-corrected chi connectivity index (χ4v) is 3.61. The highest BCUT2D eigenvalue weighted by atomic mass is 32.2. The van der Waals surface area contributed by atoms with Crippen molar-refractivity contribution in [3.63, 3.8) is 0 Å². The molecular weight excluding hydrogens is 278 g/mol. The van der Waals surface area contributed by atoms with Crippen LogP contribution in [0.2, 0.25) is 0 Å². The summed E-state index contributed by atoms with van der Waals surface area (Å²) < 4.78 is 27.1. The van der Waals surface area contributed by atoms with Crippen molar-refractivity contribution >= 4 is 16.0 Å². The lowest BCUT2D eigenvalue weighted by molar-refractivity contribution is -0.139. The van der Waals surface area contributed by atoms with Gasteiger partial charge in [-0.1, -0.05) is 31.5 Å². The van der Waals surface area contributed by atoms with E-state index in [4.69, 9.17) is 0 Å². The lowest BCUT2D eigenvalue weighted by Gasteiger charge is -2.17. The molecule has 20 heavy (non-hydrogen) atoms. The minimum absolute atomic E-state index is 0.0505. The molecule has 0 heterocycles. The average molecular weight is 299 g/mol. The van der Waals surface area contributed by atoms with Crippen LogP contribution in [-0.4, -0.2) is 25.5 Å². The molecular formula is C14H21NO4S. The van der Waals surface area contributed by atoms with E-state index in [1.165, 1.54) is 6.07 Å². The second-order valence-corrected chi connectivity index (χ2v) is 6.68. The Bertz CT molecular complexity index is 566. The molecule has 1 rings (SSSR count). The van der Waals surface area contributed by atoms with Gasteiger partial charge in [0.15, 0.2) is 0 Å². The Morgan fingerprint density at radius 1 is 1.30 bits per heavy atom. The first-order valence-electron chi connectivity index (χ1n) is 6.63. The van der Waals surface area contributed by atoms with E-state index in [1.54, 1.807) is 32.0 Å². The molecule has 112 valence electrons. The van der Waals surface area contributed by atoms with Gasteiger partial charge < -0.3 is 5.11 Å². The number of nitrogens with one attached hydrogen (secondary N) is 1. The Kier molecular flexibility index (Phi) is 5.71. The van der Waals surface area contributed by atoms with Crippen LogP contribution in [-0.2, 0) is 14.8 Å². The number of carboxylic acid groups (broad SMARTS) is 1. The first-order valence-corrected chi connectivity index (χ1v) is 8.12. The van der Waals surface area contributed by atoms with E-state index in [0.29, 0.717) is 18.4 Å². The van der Waals surface area contributed by atoms with Gasteiger partial charge in [0.05, 0.1) is 10.8 Å². The van der Waals surface area contributed by atoms with Crippen LogP contribution in [0.5, 0.6) is 0 Å². The third-order valence-corrected chi connectivity index (χ3v) is 4.58. The highest BCUT2D eigenvalue weighted by molar-refractivity contribution is 7.89. The lowest BCUT2D eigenvalue weighted by atomic mass is 9.95.